The number of anilines is 1. The number of aliphatic carboxylic acids is 1. The van der Waals surface area contributed by atoms with E-state index in [-0.39, 0.29) is 6.42 Å². The van der Waals surface area contributed by atoms with Gasteiger partial charge in [0, 0.05) is 22.8 Å². The Kier molecular flexibility index (Phi) is 4.93. The Morgan fingerprint density at radius 3 is 3.05 bits per heavy atom. The minimum absolute atomic E-state index is 0.120. The zero-order chi connectivity index (χ0) is 13.7. The summed E-state index contributed by atoms with van der Waals surface area (Å²) in [7, 11) is 0. The van der Waals surface area contributed by atoms with Crippen molar-refractivity contribution in [2.75, 3.05) is 5.32 Å². The SMILES string of the molecule is O=C(O)CCc1csc(NCc2cccc(Br)c2)n1. The molecule has 0 aliphatic heterocycles. The van der Waals surface area contributed by atoms with Crippen LogP contribution in [0.4, 0.5) is 5.13 Å². The van der Waals surface area contributed by atoms with Crippen LogP contribution in [-0.4, -0.2) is 16.1 Å². The largest absolute Gasteiger partial charge is 0.481 e. The van der Waals surface area contributed by atoms with Gasteiger partial charge in [-0.2, -0.15) is 0 Å². The maximum Gasteiger partial charge on any atom is 0.303 e. The van der Waals surface area contributed by atoms with Gasteiger partial charge in [-0.25, -0.2) is 4.98 Å². The minimum Gasteiger partial charge on any atom is -0.481 e. The zero-order valence-corrected chi connectivity index (χ0v) is 12.5. The van der Waals surface area contributed by atoms with E-state index in [0.29, 0.717) is 13.0 Å². The Bertz CT molecular complexity index is 571. The third-order valence-electron chi connectivity index (χ3n) is 2.48. The highest BCUT2D eigenvalue weighted by molar-refractivity contribution is 9.10. The molecule has 6 heteroatoms. The Morgan fingerprint density at radius 1 is 1.47 bits per heavy atom. The van der Waals surface area contributed by atoms with Crippen LogP contribution >= 0.6 is 27.3 Å². The lowest BCUT2D eigenvalue weighted by molar-refractivity contribution is -0.136. The summed E-state index contributed by atoms with van der Waals surface area (Å²) >= 11 is 4.93. The van der Waals surface area contributed by atoms with Crippen LogP contribution in [0.15, 0.2) is 34.1 Å². The summed E-state index contributed by atoms with van der Waals surface area (Å²) in [6.07, 6.45) is 0.596. The Labute approximate surface area is 123 Å². The molecule has 0 saturated carbocycles. The summed E-state index contributed by atoms with van der Waals surface area (Å²) in [5.41, 5.74) is 1.99. The van der Waals surface area contributed by atoms with Gasteiger partial charge in [0.1, 0.15) is 0 Å². The first-order chi connectivity index (χ1) is 9.13. The van der Waals surface area contributed by atoms with Gasteiger partial charge in [0.15, 0.2) is 5.13 Å². The second kappa shape index (κ2) is 6.68. The summed E-state index contributed by atoms with van der Waals surface area (Å²) < 4.78 is 1.05. The lowest BCUT2D eigenvalue weighted by Crippen LogP contribution is -2.00. The fraction of sp³-hybridized carbons (Fsp3) is 0.231. The quantitative estimate of drug-likeness (QED) is 0.844. The number of aromatic nitrogens is 1. The predicted octanol–water partition coefficient (Wildman–Crippen LogP) is 3.53. The van der Waals surface area contributed by atoms with E-state index in [1.54, 1.807) is 0 Å². The number of carbonyl (C=O) groups is 1. The molecule has 0 amide bonds. The van der Waals surface area contributed by atoms with Crippen LogP contribution in [0.2, 0.25) is 0 Å². The Hall–Kier alpha value is -1.40. The summed E-state index contributed by atoms with van der Waals surface area (Å²) in [5.74, 6) is -0.795. The molecular formula is C13H13BrN2O2S. The molecule has 0 fully saturated rings. The van der Waals surface area contributed by atoms with Crippen molar-refractivity contribution < 1.29 is 9.90 Å². The maximum atomic E-state index is 10.5. The molecule has 1 aromatic carbocycles. The second-order valence-corrected chi connectivity index (χ2v) is 5.79. The average Bonchev–Trinajstić information content (AvgIpc) is 2.82. The van der Waals surface area contributed by atoms with E-state index in [0.717, 1.165) is 20.9 Å². The molecule has 0 spiro atoms. The summed E-state index contributed by atoms with van der Waals surface area (Å²) in [5, 5.41) is 14.6. The molecule has 100 valence electrons. The number of nitrogens with zero attached hydrogens (tertiary/aromatic N) is 1. The molecule has 2 N–H and O–H groups in total. The molecule has 2 aromatic rings. The summed E-state index contributed by atoms with van der Waals surface area (Å²) in [6.45, 7) is 0.700. The van der Waals surface area contributed by atoms with Crippen LogP contribution in [0.5, 0.6) is 0 Å². The van der Waals surface area contributed by atoms with E-state index in [4.69, 9.17) is 5.11 Å². The third kappa shape index (κ3) is 4.65. The lowest BCUT2D eigenvalue weighted by Gasteiger charge is -2.03. The van der Waals surface area contributed by atoms with E-state index in [1.807, 2.05) is 29.6 Å². The molecule has 1 heterocycles. The molecule has 4 nitrogen and oxygen atoms in total. The maximum absolute atomic E-state index is 10.5. The highest BCUT2D eigenvalue weighted by Crippen LogP contribution is 2.18. The topological polar surface area (TPSA) is 62.2 Å². The van der Waals surface area contributed by atoms with Gasteiger partial charge in [-0.1, -0.05) is 28.1 Å². The molecule has 0 aliphatic rings. The number of thiazole rings is 1. The van der Waals surface area contributed by atoms with Crippen molar-refractivity contribution in [3.05, 3.63) is 45.4 Å². The number of carboxylic acid groups (broad SMARTS) is 1. The van der Waals surface area contributed by atoms with Crippen molar-refractivity contribution in [3.63, 3.8) is 0 Å². The summed E-state index contributed by atoms with van der Waals surface area (Å²) in [6, 6.07) is 8.06. The number of rotatable bonds is 6. The smallest absolute Gasteiger partial charge is 0.303 e. The van der Waals surface area contributed by atoms with Crippen LogP contribution < -0.4 is 5.32 Å². The van der Waals surface area contributed by atoms with Crippen LogP contribution in [0.25, 0.3) is 0 Å². The van der Waals surface area contributed by atoms with Gasteiger partial charge >= 0.3 is 5.97 Å². The van der Waals surface area contributed by atoms with Gasteiger partial charge in [-0.05, 0) is 17.7 Å². The number of benzene rings is 1. The normalized spacial score (nSPS) is 10.4. The number of hydrogen-bond donors (Lipinski definition) is 2. The van der Waals surface area contributed by atoms with Crippen molar-refractivity contribution in [2.24, 2.45) is 0 Å². The molecule has 1 aromatic heterocycles. The van der Waals surface area contributed by atoms with Crippen molar-refractivity contribution >= 4 is 38.4 Å². The second-order valence-electron chi connectivity index (χ2n) is 4.02. The molecular weight excluding hydrogens is 328 g/mol. The first-order valence-corrected chi connectivity index (χ1v) is 7.45. The Morgan fingerprint density at radius 2 is 2.32 bits per heavy atom. The summed E-state index contributed by atoms with van der Waals surface area (Å²) in [4.78, 5) is 14.8. The van der Waals surface area contributed by atoms with Crippen molar-refractivity contribution in [2.45, 2.75) is 19.4 Å². The fourth-order valence-corrected chi connectivity index (χ4v) is 2.75. The number of hydrogen-bond acceptors (Lipinski definition) is 4. The van der Waals surface area contributed by atoms with Crippen LogP contribution in [-0.2, 0) is 17.8 Å². The van der Waals surface area contributed by atoms with Gasteiger partial charge in [0.2, 0.25) is 0 Å². The van der Waals surface area contributed by atoms with Crippen molar-refractivity contribution in [1.82, 2.24) is 4.98 Å². The highest BCUT2D eigenvalue weighted by Gasteiger charge is 2.04. The number of aryl methyl sites for hydroxylation is 1. The molecule has 2 rings (SSSR count). The number of nitrogens with one attached hydrogen (secondary N) is 1. The van der Waals surface area contributed by atoms with E-state index in [1.165, 1.54) is 11.3 Å². The monoisotopic (exact) mass is 340 g/mol. The van der Waals surface area contributed by atoms with Gasteiger partial charge in [-0.15, -0.1) is 11.3 Å². The molecule has 0 unspecified atom stereocenters. The first-order valence-electron chi connectivity index (χ1n) is 5.78. The van der Waals surface area contributed by atoms with Crippen molar-refractivity contribution in [1.29, 1.82) is 0 Å². The molecule has 0 bridgehead atoms. The zero-order valence-electron chi connectivity index (χ0n) is 10.1. The van der Waals surface area contributed by atoms with E-state index >= 15 is 0 Å². The first kappa shape index (κ1) is 14.0. The average molecular weight is 341 g/mol. The van der Waals surface area contributed by atoms with Crippen LogP contribution in [0.3, 0.4) is 0 Å². The molecule has 19 heavy (non-hydrogen) atoms. The van der Waals surface area contributed by atoms with Gasteiger partial charge in [0.05, 0.1) is 12.1 Å². The lowest BCUT2D eigenvalue weighted by atomic mass is 10.2. The van der Waals surface area contributed by atoms with Gasteiger partial charge < -0.3 is 10.4 Å². The van der Waals surface area contributed by atoms with Gasteiger partial charge in [-0.3, -0.25) is 4.79 Å². The standard InChI is InChI=1S/C13H13BrN2O2S/c14-10-3-1-2-9(6-10)7-15-13-16-11(8-19-13)4-5-12(17)18/h1-3,6,8H,4-5,7H2,(H,15,16)(H,17,18). The van der Waals surface area contributed by atoms with E-state index < -0.39 is 5.97 Å². The molecule has 0 atom stereocenters. The minimum atomic E-state index is -0.795. The molecule has 0 radical (unpaired) electrons. The predicted molar refractivity (Wildman–Crippen MR) is 79.5 cm³/mol. The molecule has 0 saturated heterocycles. The van der Waals surface area contributed by atoms with Crippen LogP contribution in [0.1, 0.15) is 17.7 Å². The van der Waals surface area contributed by atoms with Gasteiger partial charge in [0.25, 0.3) is 0 Å². The van der Waals surface area contributed by atoms with Crippen molar-refractivity contribution in [3.8, 4) is 0 Å². The highest BCUT2D eigenvalue weighted by atomic mass is 79.9. The number of halogens is 1. The van der Waals surface area contributed by atoms with E-state index in [2.05, 4.69) is 26.2 Å². The van der Waals surface area contributed by atoms with E-state index in [9.17, 15) is 4.79 Å². The number of carboxylic acids is 1. The van der Waals surface area contributed by atoms with Crippen LogP contribution in [0, 0.1) is 0 Å². The molecule has 0 aliphatic carbocycles. The third-order valence-corrected chi connectivity index (χ3v) is 3.82. The Balaban J connectivity index is 1.88. The fourth-order valence-electron chi connectivity index (χ4n) is 1.56.